The fourth-order valence-electron chi connectivity index (χ4n) is 7.08. The number of carboxylic acid groups (broad SMARTS) is 1. The highest BCUT2D eigenvalue weighted by molar-refractivity contribution is 5.99. The second-order valence-electron chi connectivity index (χ2n) is 15.5. The number of hydrogen-bond donors (Lipinski definition) is 9. The minimum Gasteiger partial charge on any atom is -0.508 e. The van der Waals surface area contributed by atoms with E-state index in [1.54, 1.807) is 49.5 Å². The van der Waals surface area contributed by atoms with Gasteiger partial charge in [0.25, 0.3) is 0 Å². The molecule has 0 spiro atoms. The van der Waals surface area contributed by atoms with Gasteiger partial charge in [-0.05, 0) is 52.9 Å². The average molecular weight is 876 g/mol. The molecule has 21 nitrogen and oxygen atoms in total. The van der Waals surface area contributed by atoms with Gasteiger partial charge in [-0.2, -0.15) is 0 Å². The van der Waals surface area contributed by atoms with Crippen LogP contribution in [0.2, 0.25) is 0 Å². The number of ether oxygens (including phenoxy) is 1. The minimum absolute atomic E-state index is 0.000843. The van der Waals surface area contributed by atoms with E-state index in [-0.39, 0.29) is 44.6 Å². The molecule has 1 saturated heterocycles. The summed E-state index contributed by atoms with van der Waals surface area (Å²) >= 11 is 0. The highest BCUT2D eigenvalue weighted by Crippen LogP contribution is 2.24. The number of aromatic nitrogens is 1. The van der Waals surface area contributed by atoms with Crippen LogP contribution in [0.1, 0.15) is 55.7 Å². The molecule has 4 atom stereocenters. The molecule has 21 heteroatoms. The van der Waals surface area contributed by atoms with Crippen LogP contribution in [0.25, 0.3) is 10.8 Å². The van der Waals surface area contributed by atoms with Crippen molar-refractivity contribution >= 4 is 64.0 Å². The number of carboxylic acids is 1. The predicted octanol–water partition coefficient (Wildman–Crippen LogP) is -1.66. The molecule has 2 aromatic carbocycles. The standard InChI is InChI=1S/C42H53N9O12/c1-23-14-26(21-45-20-23)17-33(40(61)51(3)22-35(44)55)48-38(59)32(19-34(43)54)47-37(58)30(8-9-36(56)57)49-41(62)42(10-12-63-13-11-42)50-39(60)31(46-24(2)52)16-25-4-5-28-18-29(53)7-6-27(28)15-25/h4-7,14-15,18,20-21,30-33,53H,8-13,16-17,19,22H2,1-3H3,(H2,43,54)(H2,44,55)(H,46,52)(H,47,58)(H,48,59)(H,49,62)(H,50,60)(H,56,57)/t30-,31-,32-,33-/m0/s1. The van der Waals surface area contributed by atoms with Gasteiger partial charge in [-0.3, -0.25) is 48.1 Å². The molecule has 63 heavy (non-hydrogen) atoms. The zero-order valence-electron chi connectivity index (χ0n) is 35.1. The Kier molecular flexibility index (Phi) is 17.0. The summed E-state index contributed by atoms with van der Waals surface area (Å²) in [7, 11) is 1.28. The van der Waals surface area contributed by atoms with E-state index in [1.807, 2.05) is 0 Å². The number of hydrogen-bond acceptors (Lipinski definition) is 12. The fraction of sp³-hybridized carbons (Fsp3) is 0.429. The number of aliphatic carboxylic acids is 1. The topological polar surface area (TPSA) is 332 Å². The van der Waals surface area contributed by atoms with Gasteiger partial charge in [0.05, 0.1) is 13.0 Å². The van der Waals surface area contributed by atoms with Gasteiger partial charge in [0.2, 0.25) is 47.3 Å². The molecule has 0 saturated carbocycles. The summed E-state index contributed by atoms with van der Waals surface area (Å²) in [4.78, 5) is 123. The SMILES string of the molecule is CC(=O)N[C@@H](Cc1ccc2cc(O)ccc2c1)C(=O)NC1(C(=O)N[C@@H](CCC(=O)O)C(=O)N[C@@H](CC(N)=O)C(=O)N[C@@H](Cc2cncc(C)c2)C(=O)N(C)CC(N)=O)CCOCC1. The van der Waals surface area contributed by atoms with Crippen LogP contribution in [0, 0.1) is 6.92 Å². The lowest BCUT2D eigenvalue weighted by Gasteiger charge is -2.38. The highest BCUT2D eigenvalue weighted by Gasteiger charge is 2.44. The normalized spacial score (nSPS) is 15.0. The van der Waals surface area contributed by atoms with Crippen molar-refractivity contribution in [1.82, 2.24) is 36.5 Å². The lowest BCUT2D eigenvalue weighted by molar-refractivity contribution is -0.142. The van der Waals surface area contributed by atoms with Gasteiger partial charge in [-0.25, -0.2) is 0 Å². The Morgan fingerprint density at radius 3 is 2.05 bits per heavy atom. The number of fused-ring (bicyclic) bond motifs is 1. The molecule has 11 N–H and O–H groups in total. The van der Waals surface area contributed by atoms with Gasteiger partial charge in [0.15, 0.2) is 0 Å². The first kappa shape index (κ1) is 48.5. The fourth-order valence-corrected chi connectivity index (χ4v) is 7.08. The number of likely N-dealkylation sites (N-methyl/N-ethyl adjacent to an activating group) is 1. The molecule has 0 unspecified atom stereocenters. The molecule has 338 valence electrons. The van der Waals surface area contributed by atoms with Gasteiger partial charge in [0.1, 0.15) is 35.5 Å². The van der Waals surface area contributed by atoms with Crippen molar-refractivity contribution in [3.63, 3.8) is 0 Å². The van der Waals surface area contributed by atoms with E-state index >= 15 is 0 Å². The van der Waals surface area contributed by atoms with Crippen LogP contribution in [0.4, 0.5) is 0 Å². The maximum atomic E-state index is 14.3. The number of phenolic OH excluding ortho intramolecular Hbond substituents is 1. The summed E-state index contributed by atoms with van der Waals surface area (Å²) in [5, 5.41) is 33.6. The first-order valence-electron chi connectivity index (χ1n) is 20.0. The number of nitrogens with one attached hydrogen (secondary N) is 5. The zero-order valence-corrected chi connectivity index (χ0v) is 35.1. The summed E-state index contributed by atoms with van der Waals surface area (Å²) in [5.41, 5.74) is 10.9. The van der Waals surface area contributed by atoms with Gasteiger partial charge in [-0.15, -0.1) is 0 Å². The number of amides is 8. The quantitative estimate of drug-likeness (QED) is 0.0580. The molecule has 1 aliphatic rings. The molecule has 8 amide bonds. The number of pyridine rings is 1. The van der Waals surface area contributed by atoms with Crippen LogP contribution in [0.3, 0.4) is 0 Å². The van der Waals surface area contributed by atoms with E-state index in [2.05, 4.69) is 31.6 Å². The van der Waals surface area contributed by atoms with E-state index in [0.717, 1.165) is 21.2 Å². The smallest absolute Gasteiger partial charge is 0.303 e. The molecule has 1 aromatic heterocycles. The van der Waals surface area contributed by atoms with Crippen LogP contribution in [-0.4, -0.2) is 130 Å². The van der Waals surface area contributed by atoms with Crippen molar-refractivity contribution < 1.29 is 58.1 Å². The number of rotatable bonds is 21. The molecular formula is C42H53N9O12. The van der Waals surface area contributed by atoms with Crippen molar-refractivity contribution in [3.05, 3.63) is 71.5 Å². The van der Waals surface area contributed by atoms with Crippen LogP contribution in [-0.2, 0) is 60.7 Å². The highest BCUT2D eigenvalue weighted by atomic mass is 16.5. The molecule has 4 rings (SSSR count). The Labute approximate surface area is 362 Å². The Morgan fingerprint density at radius 1 is 0.778 bits per heavy atom. The number of nitrogens with zero attached hydrogens (tertiary/aromatic N) is 2. The second-order valence-corrected chi connectivity index (χ2v) is 15.5. The Balaban J connectivity index is 1.58. The van der Waals surface area contributed by atoms with Crippen molar-refractivity contribution in [2.45, 2.75) is 88.5 Å². The summed E-state index contributed by atoms with van der Waals surface area (Å²) < 4.78 is 5.48. The lowest BCUT2D eigenvalue weighted by Crippen LogP contribution is -2.66. The van der Waals surface area contributed by atoms with Gasteiger partial charge >= 0.3 is 5.97 Å². The van der Waals surface area contributed by atoms with E-state index in [0.29, 0.717) is 11.1 Å². The van der Waals surface area contributed by atoms with Crippen molar-refractivity contribution in [1.29, 1.82) is 0 Å². The van der Waals surface area contributed by atoms with E-state index < -0.39 is 109 Å². The first-order valence-corrected chi connectivity index (χ1v) is 20.0. The third-order valence-electron chi connectivity index (χ3n) is 10.2. The zero-order chi connectivity index (χ0) is 46.4. The Morgan fingerprint density at radius 2 is 1.41 bits per heavy atom. The third-order valence-corrected chi connectivity index (χ3v) is 10.2. The number of carbonyl (C=O) groups excluding carboxylic acids is 8. The van der Waals surface area contributed by atoms with Gasteiger partial charge < -0.3 is 57.9 Å². The number of carbonyl (C=O) groups is 9. The number of phenols is 1. The van der Waals surface area contributed by atoms with Crippen LogP contribution in [0.15, 0.2) is 54.9 Å². The maximum Gasteiger partial charge on any atom is 0.303 e. The van der Waals surface area contributed by atoms with Gasteiger partial charge in [-0.1, -0.05) is 30.3 Å². The van der Waals surface area contributed by atoms with Crippen molar-refractivity contribution in [2.75, 3.05) is 26.8 Å². The Hall–Kier alpha value is -7.16. The third kappa shape index (κ3) is 14.5. The van der Waals surface area contributed by atoms with Crippen molar-refractivity contribution in [3.8, 4) is 5.75 Å². The number of aryl methyl sites for hydroxylation is 1. The molecule has 3 aromatic rings. The van der Waals surface area contributed by atoms with Gasteiger partial charge in [0, 0.05) is 71.7 Å². The summed E-state index contributed by atoms with van der Waals surface area (Å²) in [6.45, 7) is 2.47. The maximum absolute atomic E-state index is 14.3. The van der Waals surface area contributed by atoms with Crippen LogP contribution in [0.5, 0.6) is 5.75 Å². The van der Waals surface area contributed by atoms with Crippen molar-refractivity contribution in [2.24, 2.45) is 11.5 Å². The summed E-state index contributed by atoms with van der Waals surface area (Å²) in [6.07, 6.45) is 0.770. The van der Waals surface area contributed by atoms with Crippen LogP contribution >= 0.6 is 0 Å². The molecule has 0 radical (unpaired) electrons. The predicted molar refractivity (Wildman–Crippen MR) is 224 cm³/mol. The average Bonchev–Trinajstić information content (AvgIpc) is 3.20. The molecule has 1 aliphatic heterocycles. The minimum atomic E-state index is -1.75. The number of nitrogens with two attached hydrogens (primary N) is 2. The van der Waals surface area contributed by atoms with E-state index in [1.165, 1.54) is 26.2 Å². The van der Waals surface area contributed by atoms with Crippen LogP contribution < -0.4 is 38.1 Å². The molecule has 1 fully saturated rings. The summed E-state index contributed by atoms with van der Waals surface area (Å²) in [6, 6.07) is 5.77. The van der Waals surface area contributed by atoms with E-state index in [9.17, 15) is 53.4 Å². The molecule has 0 bridgehead atoms. The lowest BCUT2D eigenvalue weighted by atomic mass is 9.87. The summed E-state index contributed by atoms with van der Waals surface area (Å²) in [5.74, 6) is -8.23. The largest absolute Gasteiger partial charge is 0.508 e. The second kappa shape index (κ2) is 22.1. The van der Waals surface area contributed by atoms with E-state index in [4.69, 9.17) is 16.2 Å². The molecule has 0 aliphatic carbocycles. The number of aromatic hydroxyl groups is 1. The number of primary amides is 2. The number of benzene rings is 2. The molecule has 2 heterocycles. The molecular weight excluding hydrogens is 823 g/mol. The first-order chi connectivity index (χ1) is 29.7. The Bertz CT molecular complexity index is 2230. The monoisotopic (exact) mass is 875 g/mol.